The Morgan fingerprint density at radius 1 is 1.10 bits per heavy atom. The lowest BCUT2D eigenvalue weighted by Gasteiger charge is -2.24. The minimum absolute atomic E-state index is 0.719. The lowest BCUT2D eigenvalue weighted by atomic mass is 9.85. The van der Waals surface area contributed by atoms with Crippen LogP contribution in [0.5, 0.6) is 0 Å². The van der Waals surface area contributed by atoms with Gasteiger partial charge in [0.15, 0.2) is 0 Å². The van der Waals surface area contributed by atoms with Gasteiger partial charge in [-0.2, -0.15) is 0 Å². The first-order valence-electron chi connectivity index (χ1n) is 7.89. The third-order valence-electron chi connectivity index (χ3n) is 4.81. The summed E-state index contributed by atoms with van der Waals surface area (Å²) in [5.41, 5.74) is 1.26. The molecule has 0 amide bonds. The van der Waals surface area contributed by atoms with Crippen LogP contribution in [-0.4, -0.2) is 12.6 Å². The Morgan fingerprint density at radius 3 is 2.50 bits per heavy atom. The third-order valence-corrected chi connectivity index (χ3v) is 5.40. The van der Waals surface area contributed by atoms with Gasteiger partial charge in [0, 0.05) is 16.1 Å². The van der Waals surface area contributed by atoms with E-state index in [9.17, 15) is 0 Å². The van der Waals surface area contributed by atoms with Crippen molar-refractivity contribution in [2.75, 3.05) is 6.54 Å². The van der Waals surface area contributed by atoms with Gasteiger partial charge in [-0.1, -0.05) is 55.0 Å². The minimum atomic E-state index is 0.719. The second-order valence-corrected chi connectivity index (χ2v) is 7.27. The van der Waals surface area contributed by atoms with Crippen LogP contribution < -0.4 is 5.32 Å². The quantitative estimate of drug-likeness (QED) is 0.771. The van der Waals surface area contributed by atoms with Gasteiger partial charge in [0.05, 0.1) is 0 Å². The van der Waals surface area contributed by atoms with E-state index in [4.69, 9.17) is 23.2 Å². The molecule has 3 rings (SSSR count). The van der Waals surface area contributed by atoms with E-state index in [0.29, 0.717) is 0 Å². The third kappa shape index (κ3) is 3.90. The van der Waals surface area contributed by atoms with E-state index in [1.165, 1.54) is 44.1 Å². The number of rotatable bonds is 6. The number of hydrogen-bond acceptors (Lipinski definition) is 1. The Morgan fingerprint density at radius 2 is 1.85 bits per heavy atom. The van der Waals surface area contributed by atoms with Crippen molar-refractivity contribution in [3.05, 3.63) is 33.8 Å². The zero-order chi connectivity index (χ0) is 13.9. The molecule has 0 aromatic heterocycles. The smallest absolute Gasteiger partial charge is 0.0452 e. The molecule has 0 heterocycles. The molecular formula is C17H23Cl2N. The first-order chi connectivity index (χ1) is 9.72. The standard InChI is InChI=1S/C17H23Cl2N/c18-15-6-5-13(17(19)10-15)9-14(11-20-16-7-8-16)12-3-1-2-4-12/h5-6,10,12,14,16,20H,1-4,7-9,11H2. The van der Waals surface area contributed by atoms with Crippen LogP contribution in [0.4, 0.5) is 0 Å². The molecule has 0 bridgehead atoms. The molecule has 2 saturated carbocycles. The van der Waals surface area contributed by atoms with Gasteiger partial charge in [-0.05, 0) is 55.3 Å². The van der Waals surface area contributed by atoms with Gasteiger partial charge in [-0.15, -0.1) is 0 Å². The Hall–Kier alpha value is -0.240. The molecule has 1 aromatic rings. The van der Waals surface area contributed by atoms with E-state index in [-0.39, 0.29) is 0 Å². The van der Waals surface area contributed by atoms with Crippen LogP contribution in [0.15, 0.2) is 18.2 Å². The largest absolute Gasteiger partial charge is 0.314 e. The first kappa shape index (κ1) is 14.7. The highest BCUT2D eigenvalue weighted by molar-refractivity contribution is 6.35. The molecule has 1 nitrogen and oxygen atoms in total. The summed E-state index contributed by atoms with van der Waals surface area (Å²) in [6.45, 7) is 1.15. The van der Waals surface area contributed by atoms with Crippen molar-refractivity contribution in [2.24, 2.45) is 11.8 Å². The summed E-state index contributed by atoms with van der Waals surface area (Å²) in [6, 6.07) is 6.73. The van der Waals surface area contributed by atoms with Crippen molar-refractivity contribution in [3.63, 3.8) is 0 Å². The van der Waals surface area contributed by atoms with Gasteiger partial charge in [0.2, 0.25) is 0 Å². The molecule has 3 heteroatoms. The van der Waals surface area contributed by atoms with Crippen LogP contribution >= 0.6 is 23.2 Å². The van der Waals surface area contributed by atoms with Crippen molar-refractivity contribution >= 4 is 23.2 Å². The maximum absolute atomic E-state index is 6.35. The number of hydrogen-bond donors (Lipinski definition) is 1. The monoisotopic (exact) mass is 311 g/mol. The van der Waals surface area contributed by atoms with Crippen LogP contribution in [0.25, 0.3) is 0 Å². The Labute approximate surface area is 132 Å². The van der Waals surface area contributed by atoms with Crippen LogP contribution in [0, 0.1) is 11.8 Å². The fourth-order valence-corrected chi connectivity index (χ4v) is 3.90. The van der Waals surface area contributed by atoms with Crippen LogP contribution in [0.3, 0.4) is 0 Å². The van der Waals surface area contributed by atoms with Crippen LogP contribution in [0.2, 0.25) is 10.0 Å². The van der Waals surface area contributed by atoms with Crippen LogP contribution in [-0.2, 0) is 6.42 Å². The van der Waals surface area contributed by atoms with Crippen molar-refractivity contribution in [3.8, 4) is 0 Å². The second-order valence-electron chi connectivity index (χ2n) is 6.43. The normalized spacial score (nSPS) is 21.3. The fourth-order valence-electron chi connectivity index (χ4n) is 3.41. The summed E-state index contributed by atoms with van der Waals surface area (Å²) < 4.78 is 0. The molecule has 0 aliphatic heterocycles. The Kier molecular flexibility index (Phi) is 4.91. The fraction of sp³-hybridized carbons (Fsp3) is 0.647. The molecule has 2 aliphatic rings. The Bertz CT molecular complexity index is 450. The lowest BCUT2D eigenvalue weighted by molar-refractivity contribution is 0.320. The zero-order valence-electron chi connectivity index (χ0n) is 11.9. The highest BCUT2D eigenvalue weighted by Gasteiger charge is 2.28. The minimum Gasteiger partial charge on any atom is -0.314 e. The van der Waals surface area contributed by atoms with Crippen molar-refractivity contribution < 1.29 is 0 Å². The second kappa shape index (κ2) is 6.68. The van der Waals surface area contributed by atoms with Gasteiger partial charge in [-0.25, -0.2) is 0 Å². The van der Waals surface area contributed by atoms with E-state index in [2.05, 4.69) is 11.4 Å². The highest BCUT2D eigenvalue weighted by Crippen LogP contribution is 2.35. The SMILES string of the molecule is Clc1ccc(CC(CNC2CC2)C2CCCC2)c(Cl)c1. The molecule has 1 atom stereocenters. The molecule has 0 spiro atoms. The number of benzene rings is 1. The van der Waals surface area contributed by atoms with Gasteiger partial charge in [-0.3, -0.25) is 0 Å². The summed E-state index contributed by atoms with van der Waals surface area (Å²) in [5, 5.41) is 5.27. The molecule has 0 saturated heterocycles. The van der Waals surface area contributed by atoms with Crippen LogP contribution in [0.1, 0.15) is 44.1 Å². The zero-order valence-corrected chi connectivity index (χ0v) is 13.4. The summed E-state index contributed by atoms with van der Waals surface area (Å²) in [7, 11) is 0. The maximum atomic E-state index is 6.35. The topological polar surface area (TPSA) is 12.0 Å². The summed E-state index contributed by atoms with van der Waals surface area (Å²) in [5.74, 6) is 1.59. The van der Waals surface area contributed by atoms with Crippen molar-refractivity contribution in [1.82, 2.24) is 5.32 Å². The average molecular weight is 312 g/mol. The summed E-state index contributed by atoms with van der Waals surface area (Å²) >= 11 is 12.3. The van der Waals surface area contributed by atoms with Gasteiger partial charge in [0.1, 0.15) is 0 Å². The molecule has 2 fully saturated rings. The summed E-state index contributed by atoms with van der Waals surface area (Å²) in [4.78, 5) is 0. The predicted molar refractivity (Wildman–Crippen MR) is 86.6 cm³/mol. The molecule has 1 N–H and O–H groups in total. The molecular weight excluding hydrogens is 289 g/mol. The van der Waals surface area contributed by atoms with E-state index in [1.54, 1.807) is 0 Å². The molecule has 110 valence electrons. The number of nitrogens with one attached hydrogen (secondary N) is 1. The van der Waals surface area contributed by atoms with Gasteiger partial charge < -0.3 is 5.32 Å². The predicted octanol–water partition coefficient (Wildman–Crippen LogP) is 5.09. The van der Waals surface area contributed by atoms with Crippen molar-refractivity contribution in [2.45, 2.75) is 51.0 Å². The molecule has 0 radical (unpaired) electrons. The lowest BCUT2D eigenvalue weighted by Crippen LogP contribution is -2.30. The van der Waals surface area contributed by atoms with Gasteiger partial charge >= 0.3 is 0 Å². The Balaban J connectivity index is 1.66. The maximum Gasteiger partial charge on any atom is 0.0452 e. The summed E-state index contributed by atoms with van der Waals surface area (Å²) in [6.07, 6.45) is 9.39. The first-order valence-corrected chi connectivity index (χ1v) is 8.65. The molecule has 2 aliphatic carbocycles. The molecule has 1 aromatic carbocycles. The van der Waals surface area contributed by atoms with E-state index >= 15 is 0 Å². The van der Waals surface area contributed by atoms with Crippen molar-refractivity contribution in [1.29, 1.82) is 0 Å². The van der Waals surface area contributed by atoms with E-state index in [1.807, 2.05) is 12.1 Å². The molecule has 1 unspecified atom stereocenters. The van der Waals surface area contributed by atoms with E-state index in [0.717, 1.165) is 40.9 Å². The highest BCUT2D eigenvalue weighted by atomic mass is 35.5. The number of halogens is 2. The van der Waals surface area contributed by atoms with Gasteiger partial charge in [0.25, 0.3) is 0 Å². The molecule has 20 heavy (non-hydrogen) atoms. The van der Waals surface area contributed by atoms with E-state index < -0.39 is 0 Å². The average Bonchev–Trinajstić information content (AvgIpc) is 3.09.